The standard InChI is InChI=1S/C14H14ClN3/c15-13-8-16-9-14(17-13)18(12-6-7-12)10-11-4-2-1-3-5-11/h1-5,8-9,12H,6-7,10H2. The Bertz CT molecular complexity index is 526. The topological polar surface area (TPSA) is 29.0 Å². The zero-order chi connectivity index (χ0) is 12.4. The molecule has 0 atom stereocenters. The number of hydrogen-bond donors (Lipinski definition) is 0. The summed E-state index contributed by atoms with van der Waals surface area (Å²) >= 11 is 5.92. The molecule has 1 aliphatic rings. The highest BCUT2D eigenvalue weighted by atomic mass is 35.5. The Morgan fingerprint density at radius 2 is 1.94 bits per heavy atom. The summed E-state index contributed by atoms with van der Waals surface area (Å²) in [6.07, 6.45) is 5.80. The first-order valence-electron chi connectivity index (χ1n) is 6.11. The molecule has 3 nitrogen and oxygen atoms in total. The first-order chi connectivity index (χ1) is 8.83. The summed E-state index contributed by atoms with van der Waals surface area (Å²) in [6.45, 7) is 0.862. The third-order valence-corrected chi connectivity index (χ3v) is 3.25. The average Bonchev–Trinajstić information content (AvgIpc) is 3.21. The van der Waals surface area contributed by atoms with Crippen LogP contribution in [-0.2, 0) is 6.54 Å². The molecule has 0 N–H and O–H groups in total. The van der Waals surface area contributed by atoms with Crippen LogP contribution in [0.25, 0.3) is 0 Å². The molecule has 0 amide bonds. The van der Waals surface area contributed by atoms with Crippen molar-refractivity contribution in [2.75, 3.05) is 4.90 Å². The van der Waals surface area contributed by atoms with Gasteiger partial charge in [0.05, 0.1) is 12.4 Å². The van der Waals surface area contributed by atoms with Crippen LogP contribution in [0.15, 0.2) is 42.7 Å². The molecule has 0 bridgehead atoms. The van der Waals surface area contributed by atoms with Crippen LogP contribution >= 0.6 is 11.6 Å². The molecule has 1 fully saturated rings. The Morgan fingerprint density at radius 1 is 1.17 bits per heavy atom. The summed E-state index contributed by atoms with van der Waals surface area (Å²) in [5.41, 5.74) is 1.28. The van der Waals surface area contributed by atoms with Gasteiger partial charge < -0.3 is 4.90 Å². The number of rotatable bonds is 4. The molecular formula is C14H14ClN3. The molecule has 92 valence electrons. The summed E-state index contributed by atoms with van der Waals surface area (Å²) in [5, 5.41) is 0.450. The van der Waals surface area contributed by atoms with Gasteiger partial charge in [0.2, 0.25) is 0 Å². The summed E-state index contributed by atoms with van der Waals surface area (Å²) in [7, 11) is 0. The second-order valence-corrected chi connectivity index (χ2v) is 4.93. The van der Waals surface area contributed by atoms with Gasteiger partial charge in [0, 0.05) is 12.6 Å². The second kappa shape index (κ2) is 4.94. The van der Waals surface area contributed by atoms with Crippen molar-refractivity contribution in [1.82, 2.24) is 9.97 Å². The molecule has 0 saturated heterocycles. The van der Waals surface area contributed by atoms with Gasteiger partial charge in [0.25, 0.3) is 0 Å². The number of nitrogens with zero attached hydrogens (tertiary/aromatic N) is 3. The fraction of sp³-hybridized carbons (Fsp3) is 0.286. The highest BCUT2D eigenvalue weighted by Crippen LogP contribution is 2.32. The largest absolute Gasteiger partial charge is 0.348 e. The third-order valence-electron chi connectivity index (χ3n) is 3.07. The van der Waals surface area contributed by atoms with Crippen LogP contribution in [0.3, 0.4) is 0 Å². The van der Waals surface area contributed by atoms with Crippen LogP contribution in [0.4, 0.5) is 5.82 Å². The van der Waals surface area contributed by atoms with E-state index in [4.69, 9.17) is 11.6 Å². The van der Waals surface area contributed by atoms with E-state index in [1.54, 1.807) is 12.4 Å². The first kappa shape index (κ1) is 11.5. The third kappa shape index (κ3) is 2.62. The van der Waals surface area contributed by atoms with Crippen molar-refractivity contribution in [3.05, 3.63) is 53.4 Å². The van der Waals surface area contributed by atoms with E-state index in [0.29, 0.717) is 11.2 Å². The van der Waals surface area contributed by atoms with Gasteiger partial charge in [0.1, 0.15) is 11.0 Å². The maximum Gasteiger partial charge on any atom is 0.149 e. The molecule has 1 heterocycles. The van der Waals surface area contributed by atoms with Crippen LogP contribution < -0.4 is 4.90 Å². The number of aromatic nitrogens is 2. The van der Waals surface area contributed by atoms with Gasteiger partial charge in [-0.05, 0) is 18.4 Å². The molecule has 18 heavy (non-hydrogen) atoms. The lowest BCUT2D eigenvalue weighted by atomic mass is 10.2. The highest BCUT2D eigenvalue weighted by molar-refractivity contribution is 6.29. The van der Waals surface area contributed by atoms with Crippen molar-refractivity contribution in [3.8, 4) is 0 Å². The van der Waals surface area contributed by atoms with Gasteiger partial charge in [-0.1, -0.05) is 41.9 Å². The van der Waals surface area contributed by atoms with Crippen LogP contribution in [-0.4, -0.2) is 16.0 Å². The van der Waals surface area contributed by atoms with Gasteiger partial charge >= 0.3 is 0 Å². The maximum atomic E-state index is 5.92. The van der Waals surface area contributed by atoms with E-state index in [1.165, 1.54) is 18.4 Å². The van der Waals surface area contributed by atoms with E-state index in [1.807, 2.05) is 6.07 Å². The minimum absolute atomic E-state index is 0.450. The molecule has 3 rings (SSSR count). The van der Waals surface area contributed by atoms with Crippen LogP contribution in [0, 0.1) is 0 Å². The van der Waals surface area contributed by atoms with Gasteiger partial charge in [-0.3, -0.25) is 4.98 Å². The molecule has 0 radical (unpaired) electrons. The predicted octanol–water partition coefficient (Wildman–Crippen LogP) is 3.30. The number of benzene rings is 1. The number of anilines is 1. The van der Waals surface area contributed by atoms with Crippen molar-refractivity contribution in [2.24, 2.45) is 0 Å². The first-order valence-corrected chi connectivity index (χ1v) is 6.49. The van der Waals surface area contributed by atoms with Crippen molar-refractivity contribution in [3.63, 3.8) is 0 Å². The van der Waals surface area contributed by atoms with Gasteiger partial charge in [-0.25, -0.2) is 4.98 Å². The Kier molecular flexibility index (Phi) is 3.15. The van der Waals surface area contributed by atoms with Crippen LogP contribution in [0.5, 0.6) is 0 Å². The molecular weight excluding hydrogens is 246 g/mol. The lowest BCUT2D eigenvalue weighted by molar-refractivity contribution is 0.774. The van der Waals surface area contributed by atoms with Crippen molar-refractivity contribution < 1.29 is 0 Å². The molecule has 0 aliphatic heterocycles. The Balaban J connectivity index is 1.85. The average molecular weight is 260 g/mol. The summed E-state index contributed by atoms with van der Waals surface area (Å²) in [5.74, 6) is 0.869. The lowest BCUT2D eigenvalue weighted by Gasteiger charge is -2.23. The van der Waals surface area contributed by atoms with Crippen LogP contribution in [0.2, 0.25) is 5.15 Å². The van der Waals surface area contributed by atoms with Gasteiger partial charge in [-0.15, -0.1) is 0 Å². The van der Waals surface area contributed by atoms with E-state index >= 15 is 0 Å². The summed E-state index contributed by atoms with van der Waals surface area (Å²) in [4.78, 5) is 10.8. The van der Waals surface area contributed by atoms with E-state index in [-0.39, 0.29) is 0 Å². The highest BCUT2D eigenvalue weighted by Gasteiger charge is 2.30. The number of halogens is 1. The van der Waals surface area contributed by atoms with E-state index in [9.17, 15) is 0 Å². The molecule has 4 heteroatoms. The molecule has 1 aliphatic carbocycles. The molecule has 1 saturated carbocycles. The van der Waals surface area contributed by atoms with E-state index in [0.717, 1.165) is 12.4 Å². The second-order valence-electron chi connectivity index (χ2n) is 4.54. The van der Waals surface area contributed by atoms with Crippen molar-refractivity contribution >= 4 is 17.4 Å². The zero-order valence-corrected chi connectivity index (χ0v) is 10.7. The quantitative estimate of drug-likeness (QED) is 0.844. The normalized spacial score (nSPS) is 14.5. The fourth-order valence-corrected chi connectivity index (χ4v) is 2.18. The van der Waals surface area contributed by atoms with Gasteiger partial charge in [-0.2, -0.15) is 0 Å². The van der Waals surface area contributed by atoms with Crippen molar-refractivity contribution in [2.45, 2.75) is 25.4 Å². The zero-order valence-electron chi connectivity index (χ0n) is 9.96. The lowest BCUT2D eigenvalue weighted by Crippen LogP contribution is -2.26. The monoisotopic (exact) mass is 259 g/mol. The smallest absolute Gasteiger partial charge is 0.149 e. The molecule has 1 aromatic carbocycles. The fourth-order valence-electron chi connectivity index (χ4n) is 2.03. The minimum Gasteiger partial charge on any atom is -0.348 e. The van der Waals surface area contributed by atoms with Crippen molar-refractivity contribution in [1.29, 1.82) is 0 Å². The van der Waals surface area contributed by atoms with Crippen LogP contribution in [0.1, 0.15) is 18.4 Å². The molecule has 2 aromatic rings. The predicted molar refractivity (Wildman–Crippen MR) is 72.7 cm³/mol. The minimum atomic E-state index is 0.450. The Labute approximate surface area is 111 Å². The summed E-state index contributed by atoms with van der Waals surface area (Å²) < 4.78 is 0. The van der Waals surface area contributed by atoms with E-state index in [2.05, 4.69) is 39.1 Å². The Hall–Kier alpha value is -1.61. The molecule has 0 spiro atoms. The Morgan fingerprint density at radius 3 is 2.61 bits per heavy atom. The van der Waals surface area contributed by atoms with E-state index < -0.39 is 0 Å². The molecule has 0 unspecified atom stereocenters. The number of hydrogen-bond acceptors (Lipinski definition) is 3. The maximum absolute atomic E-state index is 5.92. The summed E-state index contributed by atoms with van der Waals surface area (Å²) in [6, 6.07) is 11.0. The molecule has 1 aromatic heterocycles. The van der Waals surface area contributed by atoms with Gasteiger partial charge in [0.15, 0.2) is 0 Å². The SMILES string of the molecule is Clc1cncc(N(Cc2ccccc2)C2CC2)n1.